The summed E-state index contributed by atoms with van der Waals surface area (Å²) in [6.45, 7) is 1.90. The number of benzene rings is 2. The lowest BCUT2D eigenvalue weighted by Gasteiger charge is -2.13. The molecular formula is C18H14ClN3O. The number of aromatic nitrogens is 2. The van der Waals surface area contributed by atoms with Crippen LogP contribution >= 0.6 is 11.6 Å². The van der Waals surface area contributed by atoms with Crippen molar-refractivity contribution in [3.05, 3.63) is 82.4 Å². The standard InChI is InChI=1S/C18H14ClN3O/c1-11-20-10-16-18(23)21-17(12-5-3-2-4-6-12)14-9-13(19)7-8-15(14)22(11)16/h2-10,18,23H,1H3/t18-/m0/s1. The summed E-state index contributed by atoms with van der Waals surface area (Å²) in [5, 5.41) is 11.2. The van der Waals surface area contributed by atoms with Crippen molar-refractivity contribution in [2.24, 2.45) is 4.99 Å². The maximum absolute atomic E-state index is 10.5. The van der Waals surface area contributed by atoms with Crippen LogP contribution in [-0.2, 0) is 0 Å². The van der Waals surface area contributed by atoms with E-state index in [1.54, 1.807) is 6.20 Å². The minimum absolute atomic E-state index is 0.628. The molecule has 0 spiro atoms. The fraction of sp³-hybridized carbons (Fsp3) is 0.111. The van der Waals surface area contributed by atoms with E-state index in [4.69, 9.17) is 11.6 Å². The molecule has 2 heterocycles. The summed E-state index contributed by atoms with van der Waals surface area (Å²) in [6, 6.07) is 15.5. The van der Waals surface area contributed by atoms with Crippen LogP contribution in [0.2, 0.25) is 5.02 Å². The molecular weight excluding hydrogens is 310 g/mol. The Morgan fingerprint density at radius 2 is 1.91 bits per heavy atom. The van der Waals surface area contributed by atoms with Gasteiger partial charge in [0, 0.05) is 16.1 Å². The fourth-order valence-corrected chi connectivity index (χ4v) is 3.11. The summed E-state index contributed by atoms with van der Waals surface area (Å²) in [5.41, 5.74) is 4.10. The zero-order valence-electron chi connectivity index (χ0n) is 12.4. The van der Waals surface area contributed by atoms with E-state index in [0.717, 1.165) is 28.4 Å². The molecule has 1 atom stereocenters. The molecule has 0 aliphatic carbocycles. The zero-order valence-corrected chi connectivity index (χ0v) is 13.2. The Balaban J connectivity index is 2.06. The van der Waals surface area contributed by atoms with Crippen LogP contribution in [-0.4, -0.2) is 20.4 Å². The van der Waals surface area contributed by atoms with Crippen molar-refractivity contribution in [3.63, 3.8) is 0 Å². The second-order valence-electron chi connectivity index (χ2n) is 5.44. The van der Waals surface area contributed by atoms with Gasteiger partial charge in [-0.05, 0) is 25.1 Å². The molecule has 2 aromatic carbocycles. The topological polar surface area (TPSA) is 50.4 Å². The van der Waals surface area contributed by atoms with Crippen LogP contribution in [0.1, 0.15) is 28.9 Å². The molecule has 23 heavy (non-hydrogen) atoms. The largest absolute Gasteiger partial charge is 0.367 e. The lowest BCUT2D eigenvalue weighted by atomic mass is 10.0. The van der Waals surface area contributed by atoms with E-state index in [1.807, 2.05) is 60.0 Å². The number of halogens is 1. The zero-order chi connectivity index (χ0) is 16.0. The van der Waals surface area contributed by atoms with Gasteiger partial charge in [0.1, 0.15) is 5.82 Å². The van der Waals surface area contributed by atoms with Gasteiger partial charge >= 0.3 is 0 Å². The monoisotopic (exact) mass is 323 g/mol. The molecule has 1 aliphatic heterocycles. The predicted molar refractivity (Wildman–Crippen MR) is 90.4 cm³/mol. The normalized spacial score (nSPS) is 16.3. The van der Waals surface area contributed by atoms with Gasteiger partial charge in [-0.1, -0.05) is 41.9 Å². The summed E-state index contributed by atoms with van der Waals surface area (Å²) in [6.07, 6.45) is 0.688. The van der Waals surface area contributed by atoms with Crippen LogP contribution in [0.4, 0.5) is 0 Å². The number of fused-ring (bicyclic) bond motifs is 3. The SMILES string of the molecule is Cc1ncc2n1-c1ccc(Cl)cc1C(c1ccccc1)=N[C@H]2O. The van der Waals surface area contributed by atoms with E-state index in [9.17, 15) is 5.11 Å². The Kier molecular flexibility index (Phi) is 3.29. The van der Waals surface area contributed by atoms with Gasteiger partial charge in [-0.15, -0.1) is 0 Å². The Labute approximate surface area is 138 Å². The average Bonchev–Trinajstić information content (AvgIpc) is 2.89. The number of imidazole rings is 1. The van der Waals surface area contributed by atoms with Gasteiger partial charge in [0.05, 0.1) is 23.3 Å². The van der Waals surface area contributed by atoms with Crippen LogP contribution in [0.3, 0.4) is 0 Å². The van der Waals surface area contributed by atoms with Crippen molar-refractivity contribution < 1.29 is 5.11 Å². The van der Waals surface area contributed by atoms with Crippen LogP contribution in [0.5, 0.6) is 0 Å². The Hall–Kier alpha value is -2.43. The van der Waals surface area contributed by atoms with E-state index < -0.39 is 6.23 Å². The predicted octanol–water partition coefficient (Wildman–Crippen LogP) is 3.68. The molecule has 3 aromatic rings. The molecule has 1 N–H and O–H groups in total. The lowest BCUT2D eigenvalue weighted by Crippen LogP contribution is -2.08. The van der Waals surface area contributed by atoms with Gasteiger partial charge in [0.15, 0.2) is 6.23 Å². The third kappa shape index (κ3) is 2.27. The number of hydrogen-bond acceptors (Lipinski definition) is 3. The molecule has 1 aliphatic rings. The minimum Gasteiger partial charge on any atom is -0.367 e. The molecule has 1 aromatic heterocycles. The van der Waals surface area contributed by atoms with E-state index in [1.165, 1.54) is 0 Å². The molecule has 0 fully saturated rings. The lowest BCUT2D eigenvalue weighted by molar-refractivity contribution is 0.182. The van der Waals surface area contributed by atoms with Crippen LogP contribution in [0, 0.1) is 6.92 Å². The highest BCUT2D eigenvalue weighted by Gasteiger charge is 2.25. The first-order chi connectivity index (χ1) is 11.1. The van der Waals surface area contributed by atoms with Gasteiger partial charge in [0.25, 0.3) is 0 Å². The van der Waals surface area contributed by atoms with Gasteiger partial charge < -0.3 is 5.11 Å². The third-order valence-electron chi connectivity index (χ3n) is 3.98. The highest BCUT2D eigenvalue weighted by atomic mass is 35.5. The first-order valence-corrected chi connectivity index (χ1v) is 7.69. The molecule has 4 nitrogen and oxygen atoms in total. The Bertz CT molecular complexity index is 915. The Morgan fingerprint density at radius 3 is 2.70 bits per heavy atom. The maximum Gasteiger partial charge on any atom is 0.189 e. The highest BCUT2D eigenvalue weighted by molar-refractivity contribution is 6.31. The first-order valence-electron chi connectivity index (χ1n) is 7.31. The molecule has 0 saturated carbocycles. The van der Waals surface area contributed by atoms with Crippen LogP contribution in [0.25, 0.3) is 5.69 Å². The summed E-state index contributed by atoms with van der Waals surface area (Å²) in [5.74, 6) is 0.798. The van der Waals surface area contributed by atoms with Crippen molar-refractivity contribution in [1.82, 2.24) is 9.55 Å². The molecule has 0 radical (unpaired) electrons. The minimum atomic E-state index is -0.974. The molecule has 0 unspecified atom stereocenters. The number of hydrogen-bond donors (Lipinski definition) is 1. The van der Waals surface area contributed by atoms with Gasteiger partial charge in [-0.3, -0.25) is 4.57 Å². The number of aliphatic hydroxyl groups is 1. The fourth-order valence-electron chi connectivity index (χ4n) is 2.93. The number of rotatable bonds is 1. The smallest absolute Gasteiger partial charge is 0.189 e. The molecule has 114 valence electrons. The second kappa shape index (κ2) is 5.33. The van der Waals surface area contributed by atoms with Crippen LogP contribution < -0.4 is 0 Å². The van der Waals surface area contributed by atoms with Crippen molar-refractivity contribution in [2.75, 3.05) is 0 Å². The molecule has 0 saturated heterocycles. The van der Waals surface area contributed by atoms with Gasteiger partial charge in [-0.25, -0.2) is 9.98 Å². The van der Waals surface area contributed by atoms with Gasteiger partial charge in [-0.2, -0.15) is 0 Å². The van der Waals surface area contributed by atoms with Crippen molar-refractivity contribution in [2.45, 2.75) is 13.2 Å². The van der Waals surface area contributed by atoms with Crippen molar-refractivity contribution >= 4 is 17.3 Å². The average molecular weight is 324 g/mol. The maximum atomic E-state index is 10.5. The van der Waals surface area contributed by atoms with E-state index in [-0.39, 0.29) is 0 Å². The molecule has 4 rings (SSSR count). The number of aliphatic imine (C=N–C) groups is 1. The Morgan fingerprint density at radius 1 is 1.13 bits per heavy atom. The number of nitrogens with zero attached hydrogens (tertiary/aromatic N) is 3. The van der Waals surface area contributed by atoms with Gasteiger partial charge in [0.2, 0.25) is 0 Å². The van der Waals surface area contributed by atoms with E-state index in [0.29, 0.717) is 10.7 Å². The summed E-state index contributed by atoms with van der Waals surface area (Å²) in [4.78, 5) is 8.85. The van der Waals surface area contributed by atoms with Crippen molar-refractivity contribution in [1.29, 1.82) is 0 Å². The summed E-state index contributed by atoms with van der Waals surface area (Å²) in [7, 11) is 0. The number of aryl methyl sites for hydroxylation is 1. The first kappa shape index (κ1) is 14.2. The van der Waals surface area contributed by atoms with Crippen LogP contribution in [0.15, 0.2) is 59.7 Å². The third-order valence-corrected chi connectivity index (χ3v) is 4.22. The second-order valence-corrected chi connectivity index (χ2v) is 5.88. The highest BCUT2D eigenvalue weighted by Crippen LogP contribution is 2.32. The summed E-state index contributed by atoms with van der Waals surface area (Å²) >= 11 is 6.22. The van der Waals surface area contributed by atoms with E-state index in [2.05, 4.69) is 9.98 Å². The van der Waals surface area contributed by atoms with Crippen molar-refractivity contribution in [3.8, 4) is 5.69 Å². The quantitative estimate of drug-likeness (QED) is 0.742. The summed E-state index contributed by atoms with van der Waals surface area (Å²) < 4.78 is 1.93. The molecule has 0 bridgehead atoms. The number of aliphatic hydroxyl groups excluding tert-OH is 1. The molecule has 0 amide bonds. The van der Waals surface area contributed by atoms with E-state index >= 15 is 0 Å². The molecule has 5 heteroatoms.